The van der Waals surface area contributed by atoms with Gasteiger partial charge in [-0.2, -0.15) is 0 Å². The third-order valence-electron chi connectivity index (χ3n) is 6.49. The highest BCUT2D eigenvalue weighted by molar-refractivity contribution is 5.80. The van der Waals surface area contributed by atoms with Crippen LogP contribution in [0.1, 0.15) is 42.3 Å². The normalized spacial score (nSPS) is 16.6. The van der Waals surface area contributed by atoms with Gasteiger partial charge in [0.25, 0.3) is 0 Å². The van der Waals surface area contributed by atoms with Crippen molar-refractivity contribution in [2.45, 2.75) is 38.1 Å². The highest BCUT2D eigenvalue weighted by Crippen LogP contribution is 2.31. The van der Waals surface area contributed by atoms with E-state index in [2.05, 4.69) is 52.0 Å². The molecule has 0 aliphatic carbocycles. The first-order valence-corrected chi connectivity index (χ1v) is 11.2. The molecule has 5 nitrogen and oxygen atoms in total. The van der Waals surface area contributed by atoms with E-state index in [9.17, 15) is 9.90 Å². The first-order chi connectivity index (χ1) is 15.4. The molecular formula is C27H31N3O2. The van der Waals surface area contributed by atoms with Crippen molar-refractivity contribution >= 4 is 11.7 Å². The van der Waals surface area contributed by atoms with Crippen molar-refractivity contribution in [1.82, 2.24) is 10.3 Å². The van der Waals surface area contributed by atoms with E-state index in [0.29, 0.717) is 5.92 Å². The maximum atomic E-state index is 11.6. The summed E-state index contributed by atoms with van der Waals surface area (Å²) in [6, 6.07) is 22.8. The van der Waals surface area contributed by atoms with Crippen LogP contribution in [-0.2, 0) is 23.1 Å². The molecule has 1 aromatic heterocycles. The largest absolute Gasteiger partial charge is 0.481 e. The summed E-state index contributed by atoms with van der Waals surface area (Å²) >= 11 is 0. The maximum absolute atomic E-state index is 11.6. The molecule has 3 N–H and O–H groups in total. The predicted octanol–water partition coefficient (Wildman–Crippen LogP) is 4.60. The van der Waals surface area contributed by atoms with Gasteiger partial charge in [-0.25, -0.2) is 0 Å². The third-order valence-corrected chi connectivity index (χ3v) is 6.49. The van der Waals surface area contributed by atoms with Crippen LogP contribution in [0, 0.1) is 5.92 Å². The fourth-order valence-electron chi connectivity index (χ4n) is 4.39. The van der Waals surface area contributed by atoms with Gasteiger partial charge in [-0.15, -0.1) is 0 Å². The van der Waals surface area contributed by atoms with E-state index < -0.39 is 11.4 Å². The van der Waals surface area contributed by atoms with E-state index in [4.69, 9.17) is 0 Å². The number of carboxylic acid groups (broad SMARTS) is 1. The number of anilines is 1. The molecule has 5 heteroatoms. The number of hydrogen-bond acceptors (Lipinski definition) is 4. The molecule has 2 atom stereocenters. The lowest BCUT2D eigenvalue weighted by molar-refractivity contribution is -0.142. The van der Waals surface area contributed by atoms with Crippen LogP contribution in [0.25, 0.3) is 0 Å². The number of aromatic nitrogens is 1. The fourth-order valence-corrected chi connectivity index (χ4v) is 4.39. The van der Waals surface area contributed by atoms with Crippen molar-refractivity contribution in [3.05, 3.63) is 95.3 Å². The van der Waals surface area contributed by atoms with Gasteiger partial charge in [0.05, 0.1) is 16.8 Å². The zero-order valence-electron chi connectivity index (χ0n) is 18.7. The second-order valence-corrected chi connectivity index (χ2v) is 9.07. The Kier molecular flexibility index (Phi) is 6.56. The van der Waals surface area contributed by atoms with Gasteiger partial charge in [0, 0.05) is 24.7 Å². The smallest absolute Gasteiger partial charge is 0.313 e. The average Bonchev–Trinajstić information content (AvgIpc) is 2.82. The van der Waals surface area contributed by atoms with Crippen LogP contribution in [0.3, 0.4) is 0 Å². The number of nitrogens with zero attached hydrogens (tertiary/aromatic N) is 1. The van der Waals surface area contributed by atoms with Crippen LogP contribution >= 0.6 is 0 Å². The molecule has 0 saturated carbocycles. The molecular weight excluding hydrogens is 398 g/mol. The molecule has 2 heterocycles. The minimum Gasteiger partial charge on any atom is -0.481 e. The van der Waals surface area contributed by atoms with Gasteiger partial charge in [-0.3, -0.25) is 9.78 Å². The number of rotatable bonds is 8. The molecule has 0 radical (unpaired) electrons. The van der Waals surface area contributed by atoms with Crippen molar-refractivity contribution in [1.29, 1.82) is 0 Å². The Morgan fingerprint density at radius 2 is 1.97 bits per heavy atom. The highest BCUT2D eigenvalue weighted by Gasteiger charge is 2.30. The molecule has 32 heavy (non-hydrogen) atoms. The molecule has 4 rings (SSSR count). The zero-order chi connectivity index (χ0) is 22.6. The molecule has 1 aliphatic heterocycles. The van der Waals surface area contributed by atoms with Crippen molar-refractivity contribution in [3.63, 3.8) is 0 Å². The minimum atomic E-state index is -0.899. The Bertz CT molecular complexity index is 1070. The minimum absolute atomic E-state index is 0.206. The molecule has 166 valence electrons. The third kappa shape index (κ3) is 4.83. The van der Waals surface area contributed by atoms with Crippen LogP contribution in [0.2, 0.25) is 0 Å². The van der Waals surface area contributed by atoms with Crippen molar-refractivity contribution in [2.75, 3.05) is 18.4 Å². The molecule has 3 aromatic rings. The number of aliphatic carboxylic acids is 1. The summed E-state index contributed by atoms with van der Waals surface area (Å²) in [5, 5.41) is 16.9. The first kappa shape index (κ1) is 22.0. The van der Waals surface area contributed by atoms with Gasteiger partial charge >= 0.3 is 5.97 Å². The van der Waals surface area contributed by atoms with Gasteiger partial charge in [0.1, 0.15) is 0 Å². The van der Waals surface area contributed by atoms with Gasteiger partial charge in [-0.05, 0) is 62.1 Å². The second-order valence-electron chi connectivity index (χ2n) is 9.07. The van der Waals surface area contributed by atoms with Crippen LogP contribution in [0.4, 0.5) is 5.69 Å². The SMILES string of the molecule is CC(C)(C(=O)O)c1cccc(CCN[C@H](c2ccccc2)[C@H]2CNc3cccnc3C2)c1. The van der Waals surface area contributed by atoms with Gasteiger partial charge in [0.2, 0.25) is 0 Å². The monoisotopic (exact) mass is 429 g/mol. The Morgan fingerprint density at radius 3 is 2.75 bits per heavy atom. The number of benzene rings is 2. The summed E-state index contributed by atoms with van der Waals surface area (Å²) in [7, 11) is 0. The Morgan fingerprint density at radius 1 is 1.16 bits per heavy atom. The van der Waals surface area contributed by atoms with E-state index in [1.807, 2.05) is 36.5 Å². The quantitative estimate of drug-likeness (QED) is 0.488. The summed E-state index contributed by atoms with van der Waals surface area (Å²) in [6.45, 7) is 5.20. The van der Waals surface area contributed by atoms with Crippen molar-refractivity contribution in [3.8, 4) is 0 Å². The van der Waals surface area contributed by atoms with Crippen LogP contribution in [-0.4, -0.2) is 29.1 Å². The topological polar surface area (TPSA) is 74.2 Å². The molecule has 0 fully saturated rings. The summed E-state index contributed by atoms with van der Waals surface area (Å²) in [5.41, 5.74) is 4.61. The van der Waals surface area contributed by atoms with E-state index >= 15 is 0 Å². The van der Waals surface area contributed by atoms with Gasteiger partial charge in [0.15, 0.2) is 0 Å². The lowest BCUT2D eigenvalue weighted by Crippen LogP contribution is -2.37. The van der Waals surface area contributed by atoms with E-state index in [1.54, 1.807) is 13.8 Å². The molecule has 0 spiro atoms. The van der Waals surface area contributed by atoms with Gasteiger partial charge in [-0.1, -0.05) is 54.6 Å². The van der Waals surface area contributed by atoms with Crippen molar-refractivity contribution < 1.29 is 9.90 Å². The lowest BCUT2D eigenvalue weighted by atomic mass is 9.84. The second kappa shape index (κ2) is 9.53. The predicted molar refractivity (Wildman–Crippen MR) is 128 cm³/mol. The lowest BCUT2D eigenvalue weighted by Gasteiger charge is -2.33. The molecule has 2 aromatic carbocycles. The van der Waals surface area contributed by atoms with Crippen molar-refractivity contribution in [2.24, 2.45) is 5.92 Å². The Labute approximate surface area is 189 Å². The number of hydrogen-bond donors (Lipinski definition) is 3. The molecule has 1 aliphatic rings. The van der Waals surface area contributed by atoms with E-state index in [1.165, 1.54) is 5.56 Å². The first-order valence-electron chi connectivity index (χ1n) is 11.2. The highest BCUT2D eigenvalue weighted by atomic mass is 16.4. The number of pyridine rings is 1. The maximum Gasteiger partial charge on any atom is 0.313 e. The number of nitrogens with one attached hydrogen (secondary N) is 2. The fraction of sp³-hybridized carbons (Fsp3) is 0.333. The van der Waals surface area contributed by atoms with Crippen LogP contribution < -0.4 is 10.6 Å². The summed E-state index contributed by atoms with van der Waals surface area (Å²) < 4.78 is 0. The standard InChI is InChI=1S/C27H31N3O2/c1-27(2,26(31)32)22-11-6-8-19(16-22)13-15-29-25(20-9-4-3-5-10-20)21-17-24-23(30-18-21)12-7-14-28-24/h3-12,14,16,21,25,29-30H,13,15,17-18H2,1-2H3,(H,31,32)/t21-,25-/m1/s1. The van der Waals surface area contributed by atoms with E-state index in [0.717, 1.165) is 48.4 Å². The summed E-state index contributed by atoms with van der Waals surface area (Å²) in [4.78, 5) is 16.2. The van der Waals surface area contributed by atoms with Crippen LogP contribution in [0.5, 0.6) is 0 Å². The van der Waals surface area contributed by atoms with Gasteiger partial charge < -0.3 is 15.7 Å². The van der Waals surface area contributed by atoms with E-state index in [-0.39, 0.29) is 6.04 Å². The van der Waals surface area contributed by atoms with Crippen LogP contribution in [0.15, 0.2) is 72.9 Å². The molecule has 0 unspecified atom stereocenters. The Hall–Kier alpha value is -3.18. The molecule has 0 bridgehead atoms. The number of carbonyl (C=O) groups is 1. The Balaban J connectivity index is 1.47. The molecule has 0 amide bonds. The summed E-state index contributed by atoms with van der Waals surface area (Å²) in [6.07, 6.45) is 3.62. The number of carboxylic acids is 1. The average molecular weight is 430 g/mol. The summed E-state index contributed by atoms with van der Waals surface area (Å²) in [5.74, 6) is -0.423. The number of fused-ring (bicyclic) bond motifs is 1. The molecule has 0 saturated heterocycles. The zero-order valence-corrected chi connectivity index (χ0v) is 18.7.